The normalized spacial score (nSPS) is 39.5. The molecule has 1 aliphatic carbocycles. The first-order valence-corrected chi connectivity index (χ1v) is 5.84. The van der Waals surface area contributed by atoms with E-state index in [1.807, 2.05) is 0 Å². The lowest BCUT2D eigenvalue weighted by atomic mass is 9.70. The van der Waals surface area contributed by atoms with Crippen LogP contribution in [0.15, 0.2) is 0 Å². The molecular formula is C11H16N2O2. The molecule has 4 aliphatic rings. The Morgan fingerprint density at radius 2 is 1.87 bits per heavy atom. The third-order valence-corrected chi connectivity index (χ3v) is 3.93. The summed E-state index contributed by atoms with van der Waals surface area (Å²) >= 11 is 0. The molecule has 15 heavy (non-hydrogen) atoms. The predicted molar refractivity (Wildman–Crippen MR) is 54.0 cm³/mol. The Kier molecular flexibility index (Phi) is 2.06. The summed E-state index contributed by atoms with van der Waals surface area (Å²) in [6.45, 7) is 1.62. The number of carbonyl (C=O) groups excluding carboxylic acids is 2. The fraction of sp³-hybridized carbons (Fsp3) is 0.818. The molecule has 4 heteroatoms. The number of carbonyl (C=O) groups is 2. The first-order chi connectivity index (χ1) is 7.25. The van der Waals surface area contributed by atoms with Gasteiger partial charge in [-0.3, -0.25) is 14.5 Å². The predicted octanol–water partition coefficient (Wildman–Crippen LogP) is 0.133. The lowest BCUT2D eigenvalue weighted by molar-refractivity contribution is -0.165. The Labute approximate surface area is 89.0 Å². The summed E-state index contributed by atoms with van der Waals surface area (Å²) in [6.07, 6.45) is 3.87. The van der Waals surface area contributed by atoms with Gasteiger partial charge in [-0.25, -0.2) is 0 Å². The number of hydrogen-bond acceptors (Lipinski definition) is 3. The fourth-order valence-electron chi connectivity index (χ4n) is 2.88. The average Bonchev–Trinajstić information content (AvgIpc) is 2.61. The van der Waals surface area contributed by atoms with Crippen LogP contribution in [-0.4, -0.2) is 35.8 Å². The molecule has 1 atom stereocenters. The minimum Gasteiger partial charge on any atom is -0.312 e. The molecule has 3 saturated heterocycles. The molecule has 0 spiro atoms. The van der Waals surface area contributed by atoms with Crippen LogP contribution in [-0.2, 0) is 9.59 Å². The van der Waals surface area contributed by atoms with E-state index in [0.29, 0.717) is 12.6 Å². The molecular weight excluding hydrogens is 192 g/mol. The van der Waals surface area contributed by atoms with Crippen molar-refractivity contribution in [2.75, 3.05) is 13.1 Å². The highest BCUT2D eigenvalue weighted by Crippen LogP contribution is 2.41. The molecule has 4 rings (SSSR count). The molecule has 0 aromatic carbocycles. The molecule has 1 unspecified atom stereocenters. The monoisotopic (exact) mass is 208 g/mol. The van der Waals surface area contributed by atoms with Crippen molar-refractivity contribution >= 4 is 11.8 Å². The second-order valence-electron chi connectivity index (χ2n) is 4.95. The summed E-state index contributed by atoms with van der Waals surface area (Å²) in [4.78, 5) is 25.2. The number of imide groups is 1. The summed E-state index contributed by atoms with van der Waals surface area (Å²) < 4.78 is 0. The molecule has 82 valence electrons. The van der Waals surface area contributed by atoms with Crippen LogP contribution >= 0.6 is 0 Å². The third kappa shape index (κ3) is 1.39. The van der Waals surface area contributed by atoms with E-state index in [0.717, 1.165) is 32.2 Å². The van der Waals surface area contributed by atoms with Gasteiger partial charge in [-0.05, 0) is 32.2 Å². The number of hydrogen-bond donors (Lipinski definition) is 1. The summed E-state index contributed by atoms with van der Waals surface area (Å²) in [7, 11) is 0. The largest absolute Gasteiger partial charge is 0.312 e. The first kappa shape index (κ1) is 9.33. The minimum absolute atomic E-state index is 0.0798. The Bertz CT molecular complexity index is 284. The van der Waals surface area contributed by atoms with Crippen LogP contribution in [0, 0.1) is 11.8 Å². The lowest BCUT2D eigenvalue weighted by Crippen LogP contribution is -2.58. The molecule has 0 aromatic heterocycles. The molecule has 2 amide bonds. The zero-order chi connectivity index (χ0) is 10.4. The van der Waals surface area contributed by atoms with Gasteiger partial charge < -0.3 is 5.32 Å². The fourth-order valence-corrected chi connectivity index (χ4v) is 2.88. The maximum absolute atomic E-state index is 11.8. The Morgan fingerprint density at radius 1 is 1.20 bits per heavy atom. The zero-order valence-electron chi connectivity index (χ0n) is 8.74. The van der Waals surface area contributed by atoms with Gasteiger partial charge in [-0.15, -0.1) is 0 Å². The van der Waals surface area contributed by atoms with Gasteiger partial charge in [0, 0.05) is 24.4 Å². The third-order valence-electron chi connectivity index (χ3n) is 3.93. The molecule has 4 nitrogen and oxygen atoms in total. The summed E-state index contributed by atoms with van der Waals surface area (Å²) in [5, 5.41) is 3.33. The number of nitrogens with zero attached hydrogens (tertiary/aromatic N) is 1. The number of rotatable bonds is 2. The van der Waals surface area contributed by atoms with Gasteiger partial charge in [0.05, 0.1) is 0 Å². The topological polar surface area (TPSA) is 49.4 Å². The van der Waals surface area contributed by atoms with Crippen LogP contribution < -0.4 is 5.32 Å². The van der Waals surface area contributed by atoms with Gasteiger partial charge in [0.25, 0.3) is 0 Å². The Balaban J connectivity index is 1.69. The van der Waals surface area contributed by atoms with E-state index >= 15 is 0 Å². The second kappa shape index (κ2) is 3.30. The van der Waals surface area contributed by atoms with Gasteiger partial charge in [0.1, 0.15) is 0 Å². The van der Waals surface area contributed by atoms with Crippen molar-refractivity contribution in [3.05, 3.63) is 0 Å². The Hall–Kier alpha value is -0.900. The number of nitrogens with one attached hydrogen (secondary N) is 1. The van der Waals surface area contributed by atoms with Gasteiger partial charge in [-0.2, -0.15) is 0 Å². The Morgan fingerprint density at radius 3 is 2.40 bits per heavy atom. The van der Waals surface area contributed by atoms with Crippen LogP contribution in [0.2, 0.25) is 0 Å². The van der Waals surface area contributed by atoms with Crippen molar-refractivity contribution in [3.63, 3.8) is 0 Å². The molecule has 0 radical (unpaired) electrons. The molecule has 3 aliphatic heterocycles. The van der Waals surface area contributed by atoms with E-state index in [1.54, 1.807) is 0 Å². The molecule has 0 aromatic rings. The van der Waals surface area contributed by atoms with Crippen LogP contribution in [0.1, 0.15) is 25.7 Å². The standard InChI is InChI=1S/C11H16N2O2/c14-10-7-4-8(5-7)11(15)13(10)6-9-2-1-3-12-9/h7-9,12H,1-6H2. The van der Waals surface area contributed by atoms with Crippen LogP contribution in [0.3, 0.4) is 0 Å². The molecule has 1 saturated carbocycles. The smallest absolute Gasteiger partial charge is 0.232 e. The van der Waals surface area contributed by atoms with Crippen molar-refractivity contribution in [1.29, 1.82) is 0 Å². The highest BCUT2D eigenvalue weighted by Gasteiger charge is 2.49. The van der Waals surface area contributed by atoms with Crippen molar-refractivity contribution < 1.29 is 9.59 Å². The molecule has 1 N–H and O–H groups in total. The van der Waals surface area contributed by atoms with E-state index in [9.17, 15) is 9.59 Å². The van der Waals surface area contributed by atoms with E-state index in [1.165, 1.54) is 4.90 Å². The van der Waals surface area contributed by atoms with E-state index in [2.05, 4.69) is 5.32 Å². The summed E-state index contributed by atoms with van der Waals surface area (Å²) in [5.74, 6) is 0.482. The summed E-state index contributed by atoms with van der Waals surface area (Å²) in [5.41, 5.74) is 0. The van der Waals surface area contributed by atoms with Crippen LogP contribution in [0.25, 0.3) is 0 Å². The minimum atomic E-state index is 0.0798. The quantitative estimate of drug-likeness (QED) is 0.656. The van der Waals surface area contributed by atoms with E-state index in [-0.39, 0.29) is 23.7 Å². The average molecular weight is 208 g/mol. The highest BCUT2D eigenvalue weighted by atomic mass is 16.2. The van der Waals surface area contributed by atoms with Gasteiger partial charge in [-0.1, -0.05) is 0 Å². The first-order valence-electron chi connectivity index (χ1n) is 5.84. The van der Waals surface area contributed by atoms with Crippen molar-refractivity contribution in [1.82, 2.24) is 10.2 Å². The van der Waals surface area contributed by atoms with Crippen molar-refractivity contribution in [3.8, 4) is 0 Å². The number of piperidine rings is 2. The van der Waals surface area contributed by atoms with E-state index < -0.39 is 0 Å². The van der Waals surface area contributed by atoms with Gasteiger partial charge in [0.2, 0.25) is 11.8 Å². The van der Waals surface area contributed by atoms with E-state index in [4.69, 9.17) is 0 Å². The number of fused-ring (bicyclic) bond motifs is 2. The van der Waals surface area contributed by atoms with Crippen molar-refractivity contribution in [2.24, 2.45) is 11.8 Å². The van der Waals surface area contributed by atoms with Crippen LogP contribution in [0.4, 0.5) is 0 Å². The molecule has 3 heterocycles. The second-order valence-corrected chi connectivity index (χ2v) is 4.95. The van der Waals surface area contributed by atoms with Gasteiger partial charge in [0.15, 0.2) is 0 Å². The van der Waals surface area contributed by atoms with Gasteiger partial charge >= 0.3 is 0 Å². The maximum atomic E-state index is 11.8. The summed E-state index contributed by atoms with van der Waals surface area (Å²) in [6, 6.07) is 0.343. The molecule has 2 bridgehead atoms. The van der Waals surface area contributed by atoms with Crippen LogP contribution in [0.5, 0.6) is 0 Å². The highest BCUT2D eigenvalue weighted by molar-refractivity contribution is 6.02. The maximum Gasteiger partial charge on any atom is 0.232 e. The zero-order valence-corrected chi connectivity index (χ0v) is 8.74. The SMILES string of the molecule is O=C1C2CC(C2)C(=O)N1CC1CCCN1. The molecule has 4 fully saturated rings. The lowest BCUT2D eigenvalue weighted by Gasteiger charge is -2.44. The van der Waals surface area contributed by atoms with Crippen molar-refractivity contribution in [2.45, 2.75) is 31.7 Å². The number of amides is 2.